The topological polar surface area (TPSA) is 82.3 Å². The van der Waals surface area contributed by atoms with Gasteiger partial charge in [-0.15, -0.1) is 11.3 Å². The molecule has 1 heterocycles. The fourth-order valence-corrected chi connectivity index (χ4v) is 4.03. The lowest BCUT2D eigenvalue weighted by atomic mass is 10.3. The van der Waals surface area contributed by atoms with Crippen molar-refractivity contribution in [3.8, 4) is 0 Å². The Bertz CT molecular complexity index is 677. The van der Waals surface area contributed by atoms with Gasteiger partial charge >= 0.3 is 0 Å². The highest BCUT2D eigenvalue weighted by Crippen LogP contribution is 2.27. The molecule has 5 nitrogen and oxygen atoms in total. The number of hydrogen-bond donors (Lipinski definition) is 1. The minimum atomic E-state index is -3.39. The highest BCUT2D eigenvalue weighted by Gasteiger charge is 2.19. The Labute approximate surface area is 116 Å². The molecule has 0 amide bonds. The van der Waals surface area contributed by atoms with Gasteiger partial charge in [0.05, 0.1) is 28.7 Å². The SMILES string of the molecule is CC(C)OCCS(=O)(=O)c1nc2ccc(N)cc2s1. The van der Waals surface area contributed by atoms with Crippen LogP contribution >= 0.6 is 11.3 Å². The van der Waals surface area contributed by atoms with E-state index in [1.807, 2.05) is 13.8 Å². The molecule has 0 saturated heterocycles. The normalized spacial score (nSPS) is 12.4. The molecule has 1 aromatic heterocycles. The van der Waals surface area contributed by atoms with Gasteiger partial charge in [-0.3, -0.25) is 0 Å². The molecule has 19 heavy (non-hydrogen) atoms. The summed E-state index contributed by atoms with van der Waals surface area (Å²) in [5.41, 5.74) is 6.92. The molecule has 7 heteroatoms. The molecule has 2 rings (SSSR count). The van der Waals surface area contributed by atoms with Gasteiger partial charge in [0.25, 0.3) is 0 Å². The zero-order valence-electron chi connectivity index (χ0n) is 10.8. The van der Waals surface area contributed by atoms with Crippen LogP contribution in [0.3, 0.4) is 0 Å². The van der Waals surface area contributed by atoms with Crippen LogP contribution in [0.1, 0.15) is 13.8 Å². The van der Waals surface area contributed by atoms with E-state index in [-0.39, 0.29) is 22.8 Å². The first kappa shape index (κ1) is 14.2. The van der Waals surface area contributed by atoms with Crippen LogP contribution in [0.5, 0.6) is 0 Å². The molecular formula is C12H16N2O3S2. The molecular weight excluding hydrogens is 284 g/mol. The minimum Gasteiger partial charge on any atom is -0.399 e. The number of rotatable bonds is 5. The summed E-state index contributed by atoms with van der Waals surface area (Å²) in [7, 11) is -3.39. The number of nitrogen functional groups attached to an aromatic ring is 1. The maximum absolute atomic E-state index is 12.1. The van der Waals surface area contributed by atoms with Gasteiger partial charge in [0.1, 0.15) is 0 Å². The minimum absolute atomic E-state index is 0.0189. The number of hydrogen-bond acceptors (Lipinski definition) is 6. The molecule has 2 N–H and O–H groups in total. The Morgan fingerprint density at radius 2 is 2.16 bits per heavy atom. The summed E-state index contributed by atoms with van der Waals surface area (Å²) in [4.78, 5) is 4.14. The van der Waals surface area contributed by atoms with Gasteiger partial charge in [-0.1, -0.05) is 0 Å². The first-order valence-electron chi connectivity index (χ1n) is 5.89. The van der Waals surface area contributed by atoms with Crippen LogP contribution in [0.15, 0.2) is 22.5 Å². The van der Waals surface area contributed by atoms with Crippen molar-refractivity contribution in [2.24, 2.45) is 0 Å². The van der Waals surface area contributed by atoms with Gasteiger partial charge < -0.3 is 10.5 Å². The molecule has 0 atom stereocenters. The zero-order chi connectivity index (χ0) is 14.0. The van der Waals surface area contributed by atoms with Crippen molar-refractivity contribution in [2.75, 3.05) is 18.1 Å². The standard InChI is InChI=1S/C12H16N2O3S2/c1-8(2)17-5-6-19(15,16)12-14-10-4-3-9(13)7-11(10)18-12/h3-4,7-8H,5-6,13H2,1-2H3. The van der Waals surface area contributed by atoms with E-state index in [9.17, 15) is 8.42 Å². The molecule has 0 aliphatic carbocycles. The predicted molar refractivity (Wildman–Crippen MR) is 77.2 cm³/mol. The summed E-state index contributed by atoms with van der Waals surface area (Å²) in [6.45, 7) is 3.91. The van der Waals surface area contributed by atoms with Crippen molar-refractivity contribution in [3.05, 3.63) is 18.2 Å². The Morgan fingerprint density at radius 3 is 2.84 bits per heavy atom. The first-order chi connectivity index (χ1) is 8.88. The fourth-order valence-electron chi connectivity index (χ4n) is 1.53. The molecule has 0 radical (unpaired) electrons. The maximum Gasteiger partial charge on any atom is 0.210 e. The number of thiazole rings is 1. The van der Waals surface area contributed by atoms with E-state index in [1.54, 1.807) is 18.2 Å². The molecule has 0 bridgehead atoms. The number of sulfone groups is 1. The Morgan fingerprint density at radius 1 is 1.42 bits per heavy atom. The van der Waals surface area contributed by atoms with Gasteiger partial charge in [0, 0.05) is 5.69 Å². The van der Waals surface area contributed by atoms with Crippen molar-refractivity contribution in [1.29, 1.82) is 0 Å². The molecule has 0 saturated carbocycles. The van der Waals surface area contributed by atoms with Crippen LogP contribution < -0.4 is 5.73 Å². The Balaban J connectivity index is 2.23. The fraction of sp³-hybridized carbons (Fsp3) is 0.417. The predicted octanol–water partition coefficient (Wildman–Crippen LogP) is 2.08. The number of anilines is 1. The number of benzene rings is 1. The van der Waals surface area contributed by atoms with E-state index in [0.29, 0.717) is 11.2 Å². The van der Waals surface area contributed by atoms with E-state index < -0.39 is 9.84 Å². The number of nitrogens with zero attached hydrogens (tertiary/aromatic N) is 1. The third-order valence-electron chi connectivity index (χ3n) is 2.46. The van der Waals surface area contributed by atoms with Gasteiger partial charge in [-0.25, -0.2) is 13.4 Å². The van der Waals surface area contributed by atoms with Gasteiger partial charge in [0.2, 0.25) is 14.2 Å². The van der Waals surface area contributed by atoms with Crippen molar-refractivity contribution in [1.82, 2.24) is 4.98 Å². The molecule has 0 spiro atoms. The number of ether oxygens (including phenoxy) is 1. The number of nitrogens with two attached hydrogens (primary N) is 1. The molecule has 0 fully saturated rings. The van der Waals surface area contributed by atoms with Crippen LogP contribution in [0.25, 0.3) is 10.2 Å². The number of fused-ring (bicyclic) bond motifs is 1. The second kappa shape index (κ2) is 5.44. The quantitative estimate of drug-likeness (QED) is 0.855. The van der Waals surface area contributed by atoms with Crippen LogP contribution in [0, 0.1) is 0 Å². The van der Waals surface area contributed by atoms with Crippen molar-refractivity contribution >= 4 is 37.1 Å². The van der Waals surface area contributed by atoms with Crippen LogP contribution in [-0.2, 0) is 14.6 Å². The molecule has 104 valence electrons. The first-order valence-corrected chi connectivity index (χ1v) is 8.36. The number of aromatic nitrogens is 1. The molecule has 1 aromatic carbocycles. The van der Waals surface area contributed by atoms with Crippen LogP contribution in [-0.4, -0.2) is 31.9 Å². The summed E-state index contributed by atoms with van der Waals surface area (Å²) in [6, 6.07) is 5.17. The largest absolute Gasteiger partial charge is 0.399 e. The molecule has 2 aromatic rings. The van der Waals surface area contributed by atoms with E-state index in [0.717, 1.165) is 16.0 Å². The lowest BCUT2D eigenvalue weighted by Gasteiger charge is -2.06. The van der Waals surface area contributed by atoms with Gasteiger partial charge in [-0.05, 0) is 32.0 Å². The third-order valence-corrected chi connectivity index (χ3v) is 5.61. The monoisotopic (exact) mass is 300 g/mol. The molecule has 0 unspecified atom stereocenters. The lowest BCUT2D eigenvalue weighted by molar-refractivity contribution is 0.0912. The smallest absolute Gasteiger partial charge is 0.210 e. The maximum atomic E-state index is 12.1. The van der Waals surface area contributed by atoms with Crippen molar-refractivity contribution in [3.63, 3.8) is 0 Å². The second-order valence-electron chi connectivity index (χ2n) is 4.45. The summed E-state index contributed by atoms with van der Waals surface area (Å²) in [6.07, 6.45) is 0.0189. The van der Waals surface area contributed by atoms with Crippen LogP contribution in [0.2, 0.25) is 0 Å². The summed E-state index contributed by atoms with van der Waals surface area (Å²) in [5, 5.41) is 0. The van der Waals surface area contributed by atoms with Gasteiger partial charge in [0.15, 0.2) is 0 Å². The third kappa shape index (κ3) is 3.43. The molecule has 0 aliphatic rings. The lowest BCUT2D eigenvalue weighted by Crippen LogP contribution is -2.15. The van der Waals surface area contributed by atoms with Crippen LogP contribution in [0.4, 0.5) is 5.69 Å². The van der Waals surface area contributed by atoms with E-state index in [4.69, 9.17) is 10.5 Å². The van der Waals surface area contributed by atoms with E-state index in [2.05, 4.69) is 4.98 Å². The molecule has 0 aliphatic heterocycles. The Hall–Kier alpha value is -1.18. The van der Waals surface area contributed by atoms with E-state index >= 15 is 0 Å². The van der Waals surface area contributed by atoms with Gasteiger partial charge in [-0.2, -0.15) is 0 Å². The average Bonchev–Trinajstić information content (AvgIpc) is 2.71. The second-order valence-corrected chi connectivity index (χ2v) is 7.76. The highest BCUT2D eigenvalue weighted by molar-refractivity contribution is 7.93. The average molecular weight is 300 g/mol. The highest BCUT2D eigenvalue weighted by atomic mass is 32.2. The van der Waals surface area contributed by atoms with E-state index in [1.165, 1.54) is 0 Å². The summed E-state index contributed by atoms with van der Waals surface area (Å²) in [5.74, 6) is -0.0551. The van der Waals surface area contributed by atoms with Crippen molar-refractivity contribution in [2.45, 2.75) is 24.3 Å². The Kier molecular flexibility index (Phi) is 4.07. The summed E-state index contributed by atoms with van der Waals surface area (Å²) < 4.78 is 30.4. The zero-order valence-corrected chi connectivity index (χ0v) is 12.4. The van der Waals surface area contributed by atoms with Crippen molar-refractivity contribution < 1.29 is 13.2 Å². The summed E-state index contributed by atoms with van der Waals surface area (Å²) >= 11 is 1.14.